The number of aliphatic hydroxyl groups is 2. The van der Waals surface area contributed by atoms with Gasteiger partial charge in [-0.05, 0) is 61.6 Å². The monoisotopic (exact) mass is 306 g/mol. The van der Waals surface area contributed by atoms with Gasteiger partial charge >= 0.3 is 5.97 Å². The molecule has 0 amide bonds. The maximum Gasteiger partial charge on any atom is 0.364 e. The molecule has 0 unspecified atom stereocenters. The lowest BCUT2D eigenvalue weighted by atomic mass is 9.66. The van der Waals surface area contributed by atoms with Crippen molar-refractivity contribution in [2.45, 2.75) is 37.9 Å². The number of hydrogen-bond donors (Lipinski definition) is 3. The molecule has 1 aromatic rings. The number of carbonyl (C=O) groups is 1. The molecule has 1 aromatic carbocycles. The van der Waals surface area contributed by atoms with Gasteiger partial charge in [-0.1, -0.05) is 12.1 Å². The number of carboxylic acids is 1. The van der Waals surface area contributed by atoms with Crippen LogP contribution in [-0.4, -0.2) is 34.2 Å². The van der Waals surface area contributed by atoms with Crippen LogP contribution in [0.1, 0.15) is 31.2 Å². The molecule has 2 aliphatic rings. The van der Waals surface area contributed by atoms with E-state index in [0.717, 1.165) is 37.0 Å². The van der Waals surface area contributed by atoms with Gasteiger partial charge in [0.2, 0.25) is 0 Å². The van der Waals surface area contributed by atoms with Crippen molar-refractivity contribution < 1.29 is 24.9 Å². The molecule has 3 rings (SSSR count). The topological polar surface area (TPSA) is 87.0 Å². The number of rotatable bonds is 7. The highest BCUT2D eigenvalue weighted by atomic mass is 16.5. The molecule has 0 atom stereocenters. The summed E-state index contributed by atoms with van der Waals surface area (Å²) in [6.07, 6.45) is 3.82. The van der Waals surface area contributed by atoms with E-state index < -0.39 is 17.2 Å². The summed E-state index contributed by atoms with van der Waals surface area (Å²) < 4.78 is 5.13. The van der Waals surface area contributed by atoms with Crippen LogP contribution in [0.2, 0.25) is 0 Å². The summed E-state index contributed by atoms with van der Waals surface area (Å²) in [5.74, 6) is -3.37. The molecule has 22 heavy (non-hydrogen) atoms. The van der Waals surface area contributed by atoms with Crippen molar-refractivity contribution in [2.75, 3.05) is 7.11 Å². The summed E-state index contributed by atoms with van der Waals surface area (Å²) in [5, 5.41) is 30.2. The first kappa shape index (κ1) is 15.3. The Kier molecular flexibility index (Phi) is 3.65. The lowest BCUT2D eigenvalue weighted by molar-refractivity contribution is -0.260. The molecule has 2 saturated carbocycles. The summed E-state index contributed by atoms with van der Waals surface area (Å²) in [7, 11) is 1.59. The number of methoxy groups -OCH3 is 1. The van der Waals surface area contributed by atoms with E-state index in [1.165, 1.54) is 0 Å². The van der Waals surface area contributed by atoms with Gasteiger partial charge in [-0.3, -0.25) is 0 Å². The minimum absolute atomic E-state index is 0.0631. The first-order valence-corrected chi connectivity index (χ1v) is 7.73. The molecule has 2 aliphatic carbocycles. The molecular weight excluding hydrogens is 284 g/mol. The molecule has 5 nitrogen and oxygen atoms in total. The number of benzene rings is 1. The largest absolute Gasteiger partial charge is 0.497 e. The third-order valence-electron chi connectivity index (χ3n) is 5.21. The van der Waals surface area contributed by atoms with Crippen LogP contribution in [0.5, 0.6) is 5.75 Å². The van der Waals surface area contributed by atoms with Crippen LogP contribution < -0.4 is 4.74 Å². The van der Waals surface area contributed by atoms with Crippen LogP contribution in [0.25, 0.3) is 0 Å². The number of aliphatic carboxylic acids is 1. The molecule has 0 spiro atoms. The Morgan fingerprint density at radius 2 is 1.64 bits per heavy atom. The van der Waals surface area contributed by atoms with Crippen LogP contribution in [0, 0.1) is 17.3 Å². The minimum atomic E-state index is -2.69. The summed E-state index contributed by atoms with van der Waals surface area (Å²) >= 11 is 0. The predicted molar refractivity (Wildman–Crippen MR) is 79.4 cm³/mol. The van der Waals surface area contributed by atoms with Crippen LogP contribution in [0.4, 0.5) is 0 Å². The van der Waals surface area contributed by atoms with Crippen molar-refractivity contribution in [1.29, 1.82) is 0 Å². The molecule has 0 heterocycles. The van der Waals surface area contributed by atoms with Gasteiger partial charge in [0.1, 0.15) is 5.75 Å². The van der Waals surface area contributed by atoms with E-state index in [9.17, 15) is 20.1 Å². The third-order valence-corrected chi connectivity index (χ3v) is 5.21. The molecule has 0 saturated heterocycles. The first-order chi connectivity index (χ1) is 10.4. The van der Waals surface area contributed by atoms with Gasteiger partial charge in [0.05, 0.1) is 7.11 Å². The van der Waals surface area contributed by atoms with E-state index in [1.54, 1.807) is 7.11 Å². The Labute approximate surface area is 129 Å². The molecular formula is C17H22O5. The molecule has 3 N–H and O–H groups in total. The zero-order valence-corrected chi connectivity index (χ0v) is 12.7. The maximum atomic E-state index is 11.5. The van der Waals surface area contributed by atoms with Crippen LogP contribution in [-0.2, 0) is 11.2 Å². The minimum Gasteiger partial charge on any atom is -0.497 e. The second-order valence-corrected chi connectivity index (χ2v) is 6.59. The zero-order valence-electron chi connectivity index (χ0n) is 12.7. The molecule has 0 radical (unpaired) electrons. The van der Waals surface area contributed by atoms with Crippen molar-refractivity contribution in [3.05, 3.63) is 29.8 Å². The molecule has 120 valence electrons. The normalized spacial score (nSPS) is 19.0. The highest BCUT2D eigenvalue weighted by Gasteiger charge is 2.67. The molecule has 0 bridgehead atoms. The second kappa shape index (κ2) is 5.25. The fourth-order valence-corrected chi connectivity index (χ4v) is 3.79. The number of carboxylic acid groups (broad SMARTS) is 1. The van der Waals surface area contributed by atoms with E-state index in [4.69, 9.17) is 4.74 Å². The van der Waals surface area contributed by atoms with Gasteiger partial charge in [0, 0.05) is 5.41 Å². The molecule has 0 aromatic heterocycles. The van der Waals surface area contributed by atoms with Crippen molar-refractivity contribution in [3.63, 3.8) is 0 Å². The van der Waals surface area contributed by atoms with Crippen LogP contribution in [0.15, 0.2) is 24.3 Å². The van der Waals surface area contributed by atoms with E-state index in [2.05, 4.69) is 0 Å². The predicted octanol–water partition coefficient (Wildman–Crippen LogP) is 1.81. The quantitative estimate of drug-likeness (QED) is 0.669. The Morgan fingerprint density at radius 1 is 1.14 bits per heavy atom. The summed E-state index contributed by atoms with van der Waals surface area (Å²) in [5.41, 5.74) is -0.0822. The Balaban J connectivity index is 1.96. The van der Waals surface area contributed by atoms with Crippen molar-refractivity contribution in [3.8, 4) is 5.75 Å². The van der Waals surface area contributed by atoms with Crippen molar-refractivity contribution >= 4 is 5.97 Å². The Morgan fingerprint density at radius 3 is 2.00 bits per heavy atom. The number of hydrogen-bond acceptors (Lipinski definition) is 4. The molecule has 2 fully saturated rings. The van der Waals surface area contributed by atoms with Gasteiger partial charge in [0.15, 0.2) is 0 Å². The molecule has 5 heteroatoms. The SMILES string of the molecule is COc1ccc(CC(C2CC2)(C2CC2)C(O)(O)C(=O)O)cc1. The van der Waals surface area contributed by atoms with Crippen LogP contribution >= 0.6 is 0 Å². The van der Waals surface area contributed by atoms with Crippen molar-refractivity contribution in [2.24, 2.45) is 17.3 Å². The summed E-state index contributed by atoms with van der Waals surface area (Å²) in [6, 6.07) is 7.38. The van der Waals surface area contributed by atoms with Gasteiger partial charge in [0.25, 0.3) is 5.79 Å². The fourth-order valence-electron chi connectivity index (χ4n) is 3.79. The first-order valence-electron chi connectivity index (χ1n) is 7.73. The lowest BCUT2D eigenvalue weighted by Crippen LogP contribution is -2.58. The van der Waals surface area contributed by atoms with E-state index in [1.807, 2.05) is 24.3 Å². The highest BCUT2D eigenvalue weighted by molar-refractivity contribution is 5.76. The average Bonchev–Trinajstić information content (AvgIpc) is 3.38. The van der Waals surface area contributed by atoms with Gasteiger partial charge < -0.3 is 20.1 Å². The van der Waals surface area contributed by atoms with Gasteiger partial charge in [-0.15, -0.1) is 0 Å². The van der Waals surface area contributed by atoms with E-state index in [0.29, 0.717) is 6.42 Å². The summed E-state index contributed by atoms with van der Waals surface area (Å²) in [6.45, 7) is 0. The molecule has 0 aliphatic heterocycles. The smallest absolute Gasteiger partial charge is 0.364 e. The fraction of sp³-hybridized carbons (Fsp3) is 0.588. The lowest BCUT2D eigenvalue weighted by Gasteiger charge is -2.42. The van der Waals surface area contributed by atoms with E-state index >= 15 is 0 Å². The highest BCUT2D eigenvalue weighted by Crippen LogP contribution is 2.63. The zero-order chi connectivity index (χ0) is 16.0. The van der Waals surface area contributed by atoms with Crippen LogP contribution in [0.3, 0.4) is 0 Å². The Bertz CT molecular complexity index is 543. The third kappa shape index (κ3) is 2.38. The van der Waals surface area contributed by atoms with E-state index in [-0.39, 0.29) is 11.8 Å². The van der Waals surface area contributed by atoms with Gasteiger partial charge in [-0.25, -0.2) is 4.79 Å². The summed E-state index contributed by atoms with van der Waals surface area (Å²) in [4.78, 5) is 11.5. The standard InChI is InChI=1S/C17H22O5/c1-22-14-8-2-11(3-9-14)10-16(12-4-5-12,13-6-7-13)17(20,21)15(18)19/h2-3,8-9,12-13,20-21H,4-7,10H2,1H3,(H,18,19). The van der Waals surface area contributed by atoms with Gasteiger partial charge in [-0.2, -0.15) is 0 Å². The van der Waals surface area contributed by atoms with Crippen molar-refractivity contribution in [1.82, 2.24) is 0 Å². The second-order valence-electron chi connectivity index (χ2n) is 6.59. The number of ether oxygens (including phenoxy) is 1. The average molecular weight is 306 g/mol. The maximum absolute atomic E-state index is 11.5. The Hall–Kier alpha value is -1.59.